The van der Waals surface area contributed by atoms with Gasteiger partial charge in [-0.3, -0.25) is 0 Å². The molecular weight excluding hydrogens is 246 g/mol. The molecule has 0 aromatic rings. The van der Waals surface area contributed by atoms with E-state index in [1.54, 1.807) is 13.8 Å². The van der Waals surface area contributed by atoms with Crippen molar-refractivity contribution in [2.45, 2.75) is 51.9 Å². The molecule has 84 valence electrons. The van der Waals surface area contributed by atoms with E-state index in [1.165, 1.54) is 0 Å². The number of hydrogen-bond acceptors (Lipinski definition) is 4. The molecule has 0 N–H and O–H groups in total. The fourth-order valence-electron chi connectivity index (χ4n) is 0.298. The fourth-order valence-corrected chi connectivity index (χ4v) is 0.894. The van der Waals surface area contributed by atoms with Crippen molar-refractivity contribution in [3.63, 3.8) is 0 Å². The summed E-state index contributed by atoms with van der Waals surface area (Å²) in [4.78, 5) is 19.9. The molecule has 0 aliphatic heterocycles. The molecule has 0 aliphatic rings. The van der Waals surface area contributed by atoms with Gasteiger partial charge in [0.25, 0.3) is 0 Å². The van der Waals surface area contributed by atoms with Crippen LogP contribution in [0.3, 0.4) is 0 Å². The van der Waals surface area contributed by atoms with Crippen LogP contribution in [0.2, 0.25) is 0 Å². The zero-order valence-corrected chi connectivity index (χ0v) is 13.0. The van der Waals surface area contributed by atoms with E-state index in [2.05, 4.69) is 0 Å². The Kier molecular flexibility index (Phi) is 18.3. The van der Waals surface area contributed by atoms with Gasteiger partial charge in [-0.1, -0.05) is 23.0 Å². The minimum atomic E-state index is -2.16. The first kappa shape index (κ1) is 21.2. The second-order valence-electron chi connectivity index (χ2n) is 3.09. The molecule has 0 aromatic heterocycles. The summed E-state index contributed by atoms with van der Waals surface area (Å²) in [5.41, 5.74) is -0.287. The van der Waals surface area contributed by atoms with Gasteiger partial charge in [0, 0.05) is 0 Å². The quantitative estimate of drug-likeness (QED) is 0.568. The van der Waals surface area contributed by atoms with Crippen LogP contribution in [0.15, 0.2) is 0 Å². The Morgan fingerprint density at radius 3 is 1.13 bits per heavy atom. The molecule has 0 fully saturated rings. The number of hydrogen-bond donors (Lipinski definition) is 0. The zero-order valence-electron chi connectivity index (χ0n) is 9.80. The number of rotatable bonds is 4. The third-order valence-corrected chi connectivity index (χ3v) is 4.07. The molecule has 0 rings (SSSR count). The first-order valence-electron chi connectivity index (χ1n) is 4.63. The van der Waals surface area contributed by atoms with Crippen molar-refractivity contribution in [1.29, 1.82) is 0 Å². The van der Waals surface area contributed by atoms with E-state index in [4.69, 9.17) is 0 Å². The van der Waals surface area contributed by atoms with Gasteiger partial charge in [0.05, 0.1) is 0 Å². The first-order chi connectivity index (χ1) is 6.36. The second-order valence-corrected chi connectivity index (χ2v) is 5.99. The van der Waals surface area contributed by atoms with Gasteiger partial charge in [0.1, 0.15) is 11.3 Å². The molecule has 4 nitrogen and oxygen atoms in total. The van der Waals surface area contributed by atoms with E-state index in [0.29, 0.717) is 0 Å². The van der Waals surface area contributed by atoms with E-state index in [-0.39, 0.29) is 34.4 Å². The third-order valence-electron chi connectivity index (χ3n) is 1.90. The molecule has 7 heteroatoms. The van der Waals surface area contributed by atoms with Gasteiger partial charge >= 0.3 is 39.1 Å². The minimum absolute atomic E-state index is 0. The second kappa shape index (κ2) is 13.0. The van der Waals surface area contributed by atoms with Gasteiger partial charge in [-0.05, 0) is 26.7 Å². The Morgan fingerprint density at radius 1 is 0.933 bits per heavy atom. The van der Waals surface area contributed by atoms with Gasteiger partial charge in [-0.15, -0.1) is 0 Å². The van der Waals surface area contributed by atoms with Gasteiger partial charge in [0.2, 0.25) is 0 Å². The summed E-state index contributed by atoms with van der Waals surface area (Å²) in [6.45, 7) is 7.11. The summed E-state index contributed by atoms with van der Waals surface area (Å²) < 4.78 is 19.9. The molecule has 0 amide bonds. The Balaban J connectivity index is -0.000000180. The summed E-state index contributed by atoms with van der Waals surface area (Å²) in [6, 6.07) is 0. The van der Waals surface area contributed by atoms with Crippen LogP contribution in [-0.2, 0) is 9.13 Å². The maximum absolute atomic E-state index is 9.97. The molecule has 0 radical (unpaired) electrons. The monoisotopic (exact) mass is 264 g/mol. The van der Waals surface area contributed by atoms with Crippen molar-refractivity contribution in [3.8, 4) is 0 Å². The van der Waals surface area contributed by atoms with Crippen LogP contribution in [0.1, 0.15) is 40.5 Å². The van der Waals surface area contributed by atoms with Crippen molar-refractivity contribution in [2.75, 3.05) is 0 Å². The topological polar surface area (TPSA) is 80.3 Å². The normalized spacial score (nSPS) is 15.1. The molecule has 0 aromatic carbocycles. The maximum atomic E-state index is 9.97. The van der Waals surface area contributed by atoms with E-state index < -0.39 is 16.1 Å². The molecule has 0 aliphatic carbocycles. The molecule has 0 saturated heterocycles. The molecule has 0 spiro atoms. The van der Waals surface area contributed by atoms with Crippen molar-refractivity contribution in [2.24, 2.45) is 0 Å². The molecule has 0 heterocycles. The Morgan fingerprint density at radius 2 is 1.13 bits per heavy atom. The van der Waals surface area contributed by atoms with E-state index in [1.807, 2.05) is 13.8 Å². The Hall–Kier alpha value is 0.886. The van der Waals surface area contributed by atoms with Crippen molar-refractivity contribution >= 4 is 39.1 Å². The zero-order chi connectivity index (χ0) is 11.7. The van der Waals surface area contributed by atoms with Crippen LogP contribution in [0.25, 0.3) is 0 Å². The van der Waals surface area contributed by atoms with Gasteiger partial charge in [-0.2, -0.15) is 0 Å². The molecule has 4 atom stereocenters. The summed E-state index contributed by atoms with van der Waals surface area (Å²) >= 11 is 0. The van der Waals surface area contributed by atoms with Crippen LogP contribution in [0.5, 0.6) is 0 Å². The van der Waals surface area contributed by atoms with Crippen LogP contribution in [-0.4, -0.2) is 34.4 Å². The molecule has 15 heavy (non-hydrogen) atoms. The molecule has 4 unspecified atom stereocenters. The maximum Gasteiger partial charge on any atom is 2.00 e. The average molecular weight is 264 g/mol. The third kappa shape index (κ3) is 14.9. The van der Waals surface area contributed by atoms with Crippen molar-refractivity contribution in [3.05, 3.63) is 0 Å². The smallest absolute Gasteiger partial charge is 0.595 e. The molecular formula is C8H18MgO4P2+2. The van der Waals surface area contributed by atoms with Crippen LogP contribution in [0, 0.1) is 0 Å². The minimum Gasteiger partial charge on any atom is -0.595 e. The Bertz CT molecular complexity index is 169. The Labute approximate surface area is 110 Å². The summed E-state index contributed by atoms with van der Waals surface area (Å²) in [6.07, 6.45) is 1.44. The first-order valence-corrected chi connectivity index (χ1v) is 7.13. The van der Waals surface area contributed by atoms with Crippen LogP contribution in [0.4, 0.5) is 0 Å². The van der Waals surface area contributed by atoms with Crippen molar-refractivity contribution in [1.82, 2.24) is 0 Å². The van der Waals surface area contributed by atoms with E-state index in [0.717, 1.165) is 12.8 Å². The van der Waals surface area contributed by atoms with Crippen molar-refractivity contribution < 1.29 is 18.9 Å². The average Bonchev–Trinajstić information content (AvgIpc) is 2.15. The fraction of sp³-hybridized carbons (Fsp3) is 1.00. The van der Waals surface area contributed by atoms with Gasteiger partial charge in [0.15, 0.2) is 0 Å². The van der Waals surface area contributed by atoms with E-state index >= 15 is 0 Å². The predicted octanol–water partition coefficient (Wildman–Crippen LogP) is 1.39. The molecule has 0 bridgehead atoms. The molecule has 0 saturated carbocycles. The summed E-state index contributed by atoms with van der Waals surface area (Å²) in [5.74, 6) is 0. The predicted molar refractivity (Wildman–Crippen MR) is 60.5 cm³/mol. The SMILES string of the molecule is CCC(C)[P+](=O)[O-].CCC(C)[P+](=O)[O-].[Mg+2]. The standard InChI is InChI=1S/2C4H9O2P.Mg/c2*1-3-4(2)7(5)6;/h2*4H,3H2,1-2H3;/q;;+2. The largest absolute Gasteiger partial charge is 2.00 e. The summed E-state index contributed by atoms with van der Waals surface area (Å²) in [7, 11) is -4.32. The summed E-state index contributed by atoms with van der Waals surface area (Å²) in [5, 5.41) is 0. The van der Waals surface area contributed by atoms with E-state index in [9.17, 15) is 18.9 Å². The van der Waals surface area contributed by atoms with Crippen LogP contribution < -0.4 is 9.79 Å². The van der Waals surface area contributed by atoms with Gasteiger partial charge < -0.3 is 9.79 Å². The van der Waals surface area contributed by atoms with Crippen LogP contribution >= 0.6 is 16.1 Å². The van der Waals surface area contributed by atoms with Gasteiger partial charge in [-0.25, -0.2) is 0 Å².